The first-order chi connectivity index (χ1) is 8.05. The van der Waals surface area contributed by atoms with Gasteiger partial charge >= 0.3 is 0 Å². The maximum Gasteiger partial charge on any atom is 0.0743 e. The van der Waals surface area contributed by atoms with Crippen molar-refractivity contribution < 1.29 is 5.11 Å². The molecule has 0 aromatic carbocycles. The number of aliphatic hydroxyl groups is 1. The third-order valence-electron chi connectivity index (χ3n) is 5.16. The highest BCUT2D eigenvalue weighted by Gasteiger charge is 2.36. The molecule has 17 heavy (non-hydrogen) atoms. The summed E-state index contributed by atoms with van der Waals surface area (Å²) in [4.78, 5) is 2.48. The molecule has 0 aromatic heterocycles. The van der Waals surface area contributed by atoms with Crippen LogP contribution in [0.1, 0.15) is 65.2 Å². The summed E-state index contributed by atoms with van der Waals surface area (Å²) in [6.07, 6.45) is 10.9. The van der Waals surface area contributed by atoms with E-state index >= 15 is 0 Å². The van der Waals surface area contributed by atoms with Gasteiger partial charge in [0.2, 0.25) is 0 Å². The Morgan fingerprint density at radius 3 is 2.18 bits per heavy atom. The zero-order chi connectivity index (χ0) is 12.4. The Bertz CT molecular complexity index is 233. The van der Waals surface area contributed by atoms with Crippen LogP contribution in [0.4, 0.5) is 0 Å². The first-order valence-corrected chi connectivity index (χ1v) is 7.50. The molecule has 1 N–H and O–H groups in total. The molecular weight excluding hydrogens is 210 g/mol. The van der Waals surface area contributed by atoms with Gasteiger partial charge in [-0.3, -0.25) is 0 Å². The molecule has 2 heteroatoms. The second kappa shape index (κ2) is 5.27. The van der Waals surface area contributed by atoms with E-state index in [0.29, 0.717) is 5.41 Å². The summed E-state index contributed by atoms with van der Waals surface area (Å²) in [5.74, 6) is 0. The lowest BCUT2D eigenvalue weighted by molar-refractivity contribution is -0.0114. The van der Waals surface area contributed by atoms with Gasteiger partial charge in [-0.1, -0.05) is 26.2 Å². The Kier molecular flexibility index (Phi) is 4.14. The van der Waals surface area contributed by atoms with E-state index in [1.54, 1.807) is 0 Å². The molecule has 0 aromatic rings. The van der Waals surface area contributed by atoms with Crippen LogP contribution in [-0.2, 0) is 0 Å². The second-order valence-corrected chi connectivity index (χ2v) is 6.69. The molecule has 1 saturated carbocycles. The van der Waals surface area contributed by atoms with E-state index in [1.807, 2.05) is 6.92 Å². The average Bonchev–Trinajstić information content (AvgIpc) is 2.34. The van der Waals surface area contributed by atoms with Gasteiger partial charge in [-0.15, -0.1) is 0 Å². The normalized spacial score (nSPS) is 29.1. The van der Waals surface area contributed by atoms with E-state index in [9.17, 15) is 5.11 Å². The summed E-state index contributed by atoms with van der Waals surface area (Å²) in [6.45, 7) is 7.32. The number of nitrogens with zero attached hydrogens (tertiary/aromatic N) is 1. The number of hydrogen-bond acceptors (Lipinski definition) is 2. The van der Waals surface area contributed by atoms with E-state index in [-0.39, 0.29) is 0 Å². The predicted molar refractivity (Wildman–Crippen MR) is 72.1 cm³/mol. The van der Waals surface area contributed by atoms with Crippen LogP contribution in [0.5, 0.6) is 0 Å². The van der Waals surface area contributed by atoms with Gasteiger partial charge in [-0.05, 0) is 57.5 Å². The quantitative estimate of drug-likeness (QED) is 0.817. The van der Waals surface area contributed by atoms with E-state index in [0.717, 1.165) is 13.0 Å². The molecule has 1 aliphatic heterocycles. The predicted octanol–water partition coefficient (Wildman–Crippen LogP) is 3.19. The lowest BCUT2D eigenvalue weighted by Crippen LogP contribution is -2.47. The molecule has 1 unspecified atom stereocenters. The fourth-order valence-corrected chi connectivity index (χ4v) is 3.58. The van der Waals surface area contributed by atoms with Gasteiger partial charge in [-0.2, -0.15) is 0 Å². The molecule has 1 saturated heterocycles. The van der Waals surface area contributed by atoms with Crippen molar-refractivity contribution in [2.24, 2.45) is 5.41 Å². The lowest BCUT2D eigenvalue weighted by Gasteiger charge is -2.45. The van der Waals surface area contributed by atoms with Crippen LogP contribution in [0.25, 0.3) is 0 Å². The number of hydrogen-bond donors (Lipinski definition) is 1. The number of likely N-dealkylation sites (tertiary alicyclic amines) is 1. The largest absolute Gasteiger partial charge is 0.389 e. The molecule has 1 spiro atoms. The van der Waals surface area contributed by atoms with Crippen LogP contribution in [0.15, 0.2) is 0 Å². The van der Waals surface area contributed by atoms with Crippen molar-refractivity contribution in [2.45, 2.75) is 70.8 Å². The second-order valence-electron chi connectivity index (χ2n) is 6.69. The van der Waals surface area contributed by atoms with Crippen LogP contribution in [0, 0.1) is 5.41 Å². The van der Waals surface area contributed by atoms with Crippen LogP contribution >= 0.6 is 0 Å². The molecule has 2 rings (SSSR count). The zero-order valence-corrected chi connectivity index (χ0v) is 11.7. The minimum Gasteiger partial charge on any atom is -0.389 e. The third kappa shape index (κ3) is 3.45. The first kappa shape index (κ1) is 13.4. The fraction of sp³-hybridized carbons (Fsp3) is 1.00. The number of rotatable bonds is 3. The smallest absolute Gasteiger partial charge is 0.0743 e. The highest BCUT2D eigenvalue weighted by molar-refractivity contribution is 4.89. The van der Waals surface area contributed by atoms with Crippen LogP contribution in [0.3, 0.4) is 0 Å². The van der Waals surface area contributed by atoms with Gasteiger partial charge in [0.05, 0.1) is 5.60 Å². The Hall–Kier alpha value is -0.0800. The highest BCUT2D eigenvalue weighted by Crippen LogP contribution is 2.44. The highest BCUT2D eigenvalue weighted by atomic mass is 16.3. The molecule has 1 heterocycles. The maximum atomic E-state index is 10.1. The maximum absolute atomic E-state index is 10.1. The number of β-amino-alcohol motifs (C(OH)–C–C–N with tert-alkyl or cyclic N) is 1. The molecule has 2 fully saturated rings. The van der Waals surface area contributed by atoms with E-state index in [4.69, 9.17) is 0 Å². The van der Waals surface area contributed by atoms with Crippen molar-refractivity contribution in [3.05, 3.63) is 0 Å². The van der Waals surface area contributed by atoms with E-state index in [2.05, 4.69) is 11.8 Å². The summed E-state index contributed by atoms with van der Waals surface area (Å²) in [5, 5.41) is 10.1. The van der Waals surface area contributed by atoms with Gasteiger partial charge < -0.3 is 10.0 Å². The van der Waals surface area contributed by atoms with Gasteiger partial charge in [-0.25, -0.2) is 0 Å². The van der Waals surface area contributed by atoms with E-state index < -0.39 is 5.60 Å². The van der Waals surface area contributed by atoms with Crippen LogP contribution in [-0.4, -0.2) is 35.2 Å². The monoisotopic (exact) mass is 239 g/mol. The first-order valence-electron chi connectivity index (χ1n) is 7.50. The molecular formula is C15H29NO. The lowest BCUT2D eigenvalue weighted by atomic mass is 9.68. The average molecular weight is 239 g/mol. The summed E-state index contributed by atoms with van der Waals surface area (Å²) < 4.78 is 0. The van der Waals surface area contributed by atoms with Gasteiger partial charge in [0.15, 0.2) is 0 Å². The fourth-order valence-electron chi connectivity index (χ4n) is 3.58. The van der Waals surface area contributed by atoms with Crippen LogP contribution in [0.2, 0.25) is 0 Å². The summed E-state index contributed by atoms with van der Waals surface area (Å²) in [7, 11) is 0. The van der Waals surface area contributed by atoms with Gasteiger partial charge in [0.25, 0.3) is 0 Å². The third-order valence-corrected chi connectivity index (χ3v) is 5.16. The minimum atomic E-state index is -0.489. The van der Waals surface area contributed by atoms with Crippen molar-refractivity contribution in [3.8, 4) is 0 Å². The Morgan fingerprint density at radius 2 is 1.65 bits per heavy atom. The molecule has 0 radical (unpaired) electrons. The molecule has 2 aliphatic rings. The Morgan fingerprint density at radius 1 is 1.06 bits per heavy atom. The Balaban J connectivity index is 1.81. The van der Waals surface area contributed by atoms with Crippen molar-refractivity contribution >= 4 is 0 Å². The molecule has 100 valence electrons. The van der Waals surface area contributed by atoms with Crippen molar-refractivity contribution in [3.63, 3.8) is 0 Å². The summed E-state index contributed by atoms with van der Waals surface area (Å²) in [6, 6.07) is 0. The summed E-state index contributed by atoms with van der Waals surface area (Å²) >= 11 is 0. The minimum absolute atomic E-state index is 0.489. The standard InChI is InChI=1S/C15H29NO/c1-3-14(2,17)13-16-11-9-15(10-12-16)7-5-4-6-8-15/h17H,3-13H2,1-2H3. The Labute approximate surface area is 106 Å². The number of piperidine rings is 1. The zero-order valence-electron chi connectivity index (χ0n) is 11.7. The van der Waals surface area contributed by atoms with Crippen LogP contribution < -0.4 is 0 Å². The van der Waals surface area contributed by atoms with Gasteiger partial charge in [0, 0.05) is 6.54 Å². The van der Waals surface area contributed by atoms with E-state index in [1.165, 1.54) is 58.0 Å². The molecule has 2 nitrogen and oxygen atoms in total. The van der Waals surface area contributed by atoms with Crippen molar-refractivity contribution in [1.82, 2.24) is 4.90 Å². The summed E-state index contributed by atoms with van der Waals surface area (Å²) in [5.41, 5.74) is 0.198. The van der Waals surface area contributed by atoms with Crippen molar-refractivity contribution in [2.75, 3.05) is 19.6 Å². The molecule has 1 aliphatic carbocycles. The molecule has 1 atom stereocenters. The SMILES string of the molecule is CCC(C)(O)CN1CCC2(CCCCC2)CC1. The topological polar surface area (TPSA) is 23.5 Å². The molecule has 0 amide bonds. The van der Waals surface area contributed by atoms with Crippen molar-refractivity contribution in [1.29, 1.82) is 0 Å². The molecule has 0 bridgehead atoms. The van der Waals surface area contributed by atoms with Gasteiger partial charge in [0.1, 0.15) is 0 Å².